The molecule has 0 saturated carbocycles. The summed E-state index contributed by atoms with van der Waals surface area (Å²) >= 11 is 0.573. The molecule has 1 aromatic rings. The van der Waals surface area contributed by atoms with Crippen molar-refractivity contribution in [3.63, 3.8) is 0 Å². The standard InChI is InChI=1S/C17H26Se/c1-5-6-7-8-9-14(2)10-11-15(3)17-13-12-16(4)18-17/h10-13H,5-9H2,1-4H3/b14-10+,15-11+. The third-order valence-electron chi connectivity index (χ3n) is 3.17. The van der Waals surface area contributed by atoms with Crippen molar-refractivity contribution >= 4 is 20.1 Å². The van der Waals surface area contributed by atoms with Gasteiger partial charge in [0.1, 0.15) is 0 Å². The van der Waals surface area contributed by atoms with E-state index in [1.54, 1.807) is 0 Å². The second-order valence-corrected chi connectivity index (χ2v) is 7.79. The number of allylic oxidation sites excluding steroid dienone is 4. The Hall–Kier alpha value is -0.521. The Kier molecular flexibility index (Phi) is 7.39. The molecule has 1 heterocycles. The Balaban J connectivity index is 2.45. The van der Waals surface area contributed by atoms with Gasteiger partial charge < -0.3 is 0 Å². The van der Waals surface area contributed by atoms with E-state index in [0.29, 0.717) is 14.5 Å². The number of hydrogen-bond donors (Lipinski definition) is 0. The molecule has 18 heavy (non-hydrogen) atoms. The van der Waals surface area contributed by atoms with E-state index in [1.165, 1.54) is 52.1 Å². The van der Waals surface area contributed by atoms with Gasteiger partial charge in [-0.1, -0.05) is 0 Å². The van der Waals surface area contributed by atoms with Gasteiger partial charge in [-0.15, -0.1) is 0 Å². The van der Waals surface area contributed by atoms with Crippen molar-refractivity contribution in [1.82, 2.24) is 0 Å². The van der Waals surface area contributed by atoms with Crippen molar-refractivity contribution in [1.29, 1.82) is 0 Å². The minimum absolute atomic E-state index is 0.573. The van der Waals surface area contributed by atoms with Gasteiger partial charge in [0, 0.05) is 0 Å². The van der Waals surface area contributed by atoms with Crippen LogP contribution in [-0.4, -0.2) is 14.5 Å². The third kappa shape index (κ3) is 5.89. The number of hydrogen-bond acceptors (Lipinski definition) is 0. The Labute approximate surface area is 119 Å². The van der Waals surface area contributed by atoms with Crippen LogP contribution in [-0.2, 0) is 0 Å². The van der Waals surface area contributed by atoms with Crippen LogP contribution in [0.15, 0.2) is 29.9 Å². The third-order valence-corrected chi connectivity index (χ3v) is 5.56. The molecule has 0 amide bonds. The minimum atomic E-state index is 0.573. The molecule has 100 valence electrons. The number of aryl methyl sites for hydroxylation is 1. The van der Waals surface area contributed by atoms with Crippen molar-refractivity contribution in [2.75, 3.05) is 0 Å². The van der Waals surface area contributed by atoms with Crippen molar-refractivity contribution in [3.05, 3.63) is 38.7 Å². The van der Waals surface area contributed by atoms with Crippen LogP contribution in [0.5, 0.6) is 0 Å². The SMILES string of the molecule is CCCCCC/C(C)=C/C=C(\C)c1ccc(C)[se]1. The normalized spacial score (nSPS) is 13.1. The Morgan fingerprint density at radius 2 is 1.89 bits per heavy atom. The average molecular weight is 309 g/mol. The predicted octanol–water partition coefficient (Wildman–Crippen LogP) is 5.37. The van der Waals surface area contributed by atoms with E-state index >= 15 is 0 Å². The molecule has 0 nitrogen and oxygen atoms in total. The van der Waals surface area contributed by atoms with Gasteiger partial charge in [0.2, 0.25) is 0 Å². The van der Waals surface area contributed by atoms with Crippen LogP contribution < -0.4 is 0 Å². The van der Waals surface area contributed by atoms with Crippen molar-refractivity contribution < 1.29 is 0 Å². The van der Waals surface area contributed by atoms with Gasteiger partial charge >= 0.3 is 119 Å². The molecule has 1 heteroatoms. The maximum atomic E-state index is 2.31. The topological polar surface area (TPSA) is 0 Å². The van der Waals surface area contributed by atoms with Gasteiger partial charge in [-0.05, 0) is 0 Å². The van der Waals surface area contributed by atoms with E-state index in [4.69, 9.17) is 0 Å². The molecule has 0 saturated heterocycles. The van der Waals surface area contributed by atoms with Crippen LogP contribution in [0.1, 0.15) is 61.8 Å². The first kappa shape index (κ1) is 15.5. The zero-order valence-electron chi connectivity index (χ0n) is 12.3. The molecular weight excluding hydrogens is 283 g/mol. The van der Waals surface area contributed by atoms with Crippen LogP contribution in [0.25, 0.3) is 5.57 Å². The molecule has 0 aromatic carbocycles. The molecule has 0 unspecified atom stereocenters. The Bertz CT molecular complexity index is 407. The van der Waals surface area contributed by atoms with Crippen LogP contribution in [0.4, 0.5) is 0 Å². The van der Waals surface area contributed by atoms with Gasteiger partial charge in [-0.3, -0.25) is 0 Å². The summed E-state index contributed by atoms with van der Waals surface area (Å²) in [6, 6.07) is 4.54. The van der Waals surface area contributed by atoms with Crippen molar-refractivity contribution in [2.45, 2.75) is 59.8 Å². The quantitative estimate of drug-likeness (QED) is 0.361. The zero-order valence-corrected chi connectivity index (χ0v) is 14.0. The molecule has 1 aromatic heterocycles. The molecule has 0 radical (unpaired) electrons. The van der Waals surface area contributed by atoms with E-state index in [1.807, 2.05) is 0 Å². The monoisotopic (exact) mass is 310 g/mol. The molecule has 0 N–H and O–H groups in total. The Morgan fingerprint density at radius 1 is 1.11 bits per heavy atom. The maximum absolute atomic E-state index is 2.31. The van der Waals surface area contributed by atoms with Gasteiger partial charge in [0.25, 0.3) is 0 Å². The fraction of sp³-hybridized carbons (Fsp3) is 0.529. The average Bonchev–Trinajstić information content (AvgIpc) is 2.78. The van der Waals surface area contributed by atoms with Gasteiger partial charge in [0.15, 0.2) is 0 Å². The van der Waals surface area contributed by atoms with Gasteiger partial charge in [-0.2, -0.15) is 0 Å². The summed E-state index contributed by atoms with van der Waals surface area (Å²) in [5, 5.41) is 0. The van der Waals surface area contributed by atoms with E-state index in [0.717, 1.165) is 0 Å². The molecule has 0 aliphatic carbocycles. The Morgan fingerprint density at radius 3 is 2.50 bits per heavy atom. The summed E-state index contributed by atoms with van der Waals surface area (Å²) in [6.45, 7) is 8.99. The number of unbranched alkanes of at least 4 members (excludes halogenated alkanes) is 3. The van der Waals surface area contributed by atoms with E-state index in [9.17, 15) is 0 Å². The summed E-state index contributed by atoms with van der Waals surface area (Å²) in [7, 11) is 0. The summed E-state index contributed by atoms with van der Waals surface area (Å²) < 4.78 is 3.07. The zero-order chi connectivity index (χ0) is 13.4. The van der Waals surface area contributed by atoms with Gasteiger partial charge in [0.05, 0.1) is 0 Å². The first-order chi connectivity index (χ1) is 8.63. The fourth-order valence-electron chi connectivity index (χ4n) is 1.91. The summed E-state index contributed by atoms with van der Waals surface area (Å²) in [5.74, 6) is 0. The first-order valence-corrected chi connectivity index (χ1v) is 8.75. The van der Waals surface area contributed by atoms with Gasteiger partial charge in [-0.25, -0.2) is 0 Å². The molecular formula is C17H26Se. The van der Waals surface area contributed by atoms with E-state index < -0.39 is 0 Å². The van der Waals surface area contributed by atoms with Crippen LogP contribution in [0.2, 0.25) is 0 Å². The molecule has 0 spiro atoms. The molecule has 0 fully saturated rings. The molecule has 1 rings (SSSR count). The van der Waals surface area contributed by atoms with Crippen LogP contribution in [0.3, 0.4) is 0 Å². The second kappa shape index (κ2) is 8.56. The van der Waals surface area contributed by atoms with E-state index in [2.05, 4.69) is 52.0 Å². The van der Waals surface area contributed by atoms with E-state index in [-0.39, 0.29) is 0 Å². The fourth-order valence-corrected chi connectivity index (χ4v) is 3.69. The van der Waals surface area contributed by atoms with Crippen LogP contribution >= 0.6 is 0 Å². The molecule has 0 bridgehead atoms. The second-order valence-electron chi connectivity index (χ2n) is 5.08. The van der Waals surface area contributed by atoms with Crippen molar-refractivity contribution in [2.24, 2.45) is 0 Å². The number of rotatable bonds is 7. The molecule has 0 aliphatic rings. The molecule has 0 aliphatic heterocycles. The summed E-state index contributed by atoms with van der Waals surface area (Å²) in [4.78, 5) is 0. The van der Waals surface area contributed by atoms with Crippen molar-refractivity contribution in [3.8, 4) is 0 Å². The van der Waals surface area contributed by atoms with Crippen LogP contribution in [0, 0.1) is 6.92 Å². The molecule has 0 atom stereocenters. The summed E-state index contributed by atoms with van der Waals surface area (Å²) in [5.41, 5.74) is 2.96. The predicted molar refractivity (Wildman–Crippen MR) is 84.3 cm³/mol. The first-order valence-electron chi connectivity index (χ1n) is 7.04. The summed E-state index contributed by atoms with van der Waals surface area (Å²) in [6.07, 6.45) is 11.3.